The monoisotopic (exact) mass is 465 g/mol. The van der Waals surface area contributed by atoms with Gasteiger partial charge in [0.05, 0.1) is 23.7 Å². The lowest BCUT2D eigenvalue weighted by molar-refractivity contribution is -0.132. The van der Waals surface area contributed by atoms with Crippen LogP contribution in [0.2, 0.25) is 0 Å². The number of likely N-dealkylation sites (tertiary alicyclic amines) is 1. The zero-order valence-electron chi connectivity index (χ0n) is 21.0. The van der Waals surface area contributed by atoms with Gasteiger partial charge < -0.3 is 23.7 Å². The zero-order valence-corrected chi connectivity index (χ0v) is 21.0. The summed E-state index contributed by atoms with van der Waals surface area (Å²) < 4.78 is 24.1. The van der Waals surface area contributed by atoms with Gasteiger partial charge in [0.1, 0.15) is 12.4 Å². The van der Waals surface area contributed by atoms with E-state index < -0.39 is 18.3 Å². The SMILES string of the molecule is COC1CCN(C(=O)Cc2cc(B3OC(C)(C)C(C)(C)O3)ccc2OCc2ccccc2)CC1. The third-order valence-corrected chi connectivity index (χ3v) is 7.32. The highest BCUT2D eigenvalue weighted by Crippen LogP contribution is 2.36. The standard InChI is InChI=1S/C27H36BNO5/c1-26(2)27(3,4)34-28(33-26)22-11-12-24(32-19-20-9-7-6-8-10-20)21(17-22)18-25(30)29-15-13-23(31-5)14-16-29/h6-12,17,23H,13-16,18-19H2,1-5H3. The van der Waals surface area contributed by atoms with E-state index >= 15 is 0 Å². The quantitative estimate of drug-likeness (QED) is 0.584. The molecule has 34 heavy (non-hydrogen) atoms. The predicted molar refractivity (Wildman–Crippen MR) is 133 cm³/mol. The Morgan fingerprint density at radius 1 is 1.03 bits per heavy atom. The van der Waals surface area contributed by atoms with Crippen molar-refractivity contribution >= 4 is 18.5 Å². The minimum absolute atomic E-state index is 0.102. The number of rotatable bonds is 7. The van der Waals surface area contributed by atoms with Crippen LogP contribution in [0, 0.1) is 0 Å². The molecular weight excluding hydrogens is 429 g/mol. The number of carbonyl (C=O) groups excluding carboxylic acids is 1. The van der Waals surface area contributed by atoms with Gasteiger partial charge in [0.2, 0.25) is 5.91 Å². The molecule has 1 amide bonds. The van der Waals surface area contributed by atoms with Crippen LogP contribution in [-0.4, -0.2) is 55.4 Å². The van der Waals surface area contributed by atoms with Gasteiger partial charge in [0, 0.05) is 25.8 Å². The topological polar surface area (TPSA) is 57.2 Å². The molecule has 0 radical (unpaired) electrons. The molecule has 0 atom stereocenters. The molecule has 0 aromatic heterocycles. The maximum Gasteiger partial charge on any atom is 0.494 e. The van der Waals surface area contributed by atoms with Crippen molar-refractivity contribution in [3.05, 3.63) is 59.7 Å². The third kappa shape index (κ3) is 5.48. The van der Waals surface area contributed by atoms with Crippen LogP contribution in [0.4, 0.5) is 0 Å². The van der Waals surface area contributed by atoms with Crippen LogP contribution in [0.5, 0.6) is 5.75 Å². The van der Waals surface area contributed by atoms with Crippen molar-refractivity contribution in [1.82, 2.24) is 4.90 Å². The summed E-state index contributed by atoms with van der Waals surface area (Å²) in [5, 5.41) is 0. The fraction of sp³-hybridized carbons (Fsp3) is 0.519. The van der Waals surface area contributed by atoms with Gasteiger partial charge >= 0.3 is 7.12 Å². The second kappa shape index (κ2) is 10.1. The summed E-state index contributed by atoms with van der Waals surface area (Å²) in [7, 11) is 1.25. The first kappa shape index (κ1) is 24.8. The number of nitrogens with zero attached hydrogens (tertiary/aromatic N) is 1. The molecule has 0 saturated carbocycles. The lowest BCUT2D eigenvalue weighted by atomic mass is 9.78. The molecule has 2 heterocycles. The molecule has 4 rings (SSSR count). The Morgan fingerprint density at radius 3 is 2.29 bits per heavy atom. The molecule has 2 saturated heterocycles. The summed E-state index contributed by atoms with van der Waals surface area (Å²) in [6, 6.07) is 15.9. The number of piperidine rings is 1. The Kier molecular flexibility index (Phi) is 7.36. The van der Waals surface area contributed by atoms with Crippen LogP contribution in [0.3, 0.4) is 0 Å². The summed E-state index contributed by atoms with van der Waals surface area (Å²) >= 11 is 0. The minimum atomic E-state index is -0.487. The van der Waals surface area contributed by atoms with E-state index in [1.54, 1.807) is 7.11 Å². The van der Waals surface area contributed by atoms with Crippen LogP contribution >= 0.6 is 0 Å². The molecule has 6 nitrogen and oxygen atoms in total. The van der Waals surface area contributed by atoms with Crippen LogP contribution in [0.25, 0.3) is 0 Å². The molecule has 2 aromatic rings. The Labute approximate surface area is 203 Å². The van der Waals surface area contributed by atoms with E-state index in [1.165, 1.54) is 0 Å². The normalized spacial score (nSPS) is 19.9. The number of ether oxygens (including phenoxy) is 2. The lowest BCUT2D eigenvalue weighted by Crippen LogP contribution is -2.41. The van der Waals surface area contributed by atoms with Crippen LogP contribution < -0.4 is 10.2 Å². The molecule has 2 aliphatic rings. The average Bonchev–Trinajstić information content (AvgIpc) is 3.05. The van der Waals surface area contributed by atoms with Gasteiger partial charge in [-0.15, -0.1) is 0 Å². The zero-order chi connectivity index (χ0) is 24.3. The molecule has 2 aliphatic heterocycles. The Balaban J connectivity index is 1.54. The van der Waals surface area contributed by atoms with E-state index in [9.17, 15) is 4.79 Å². The lowest BCUT2D eigenvalue weighted by Gasteiger charge is -2.32. The number of methoxy groups -OCH3 is 1. The Bertz CT molecular complexity index is 970. The summed E-state index contributed by atoms with van der Waals surface area (Å²) in [6.07, 6.45) is 2.25. The largest absolute Gasteiger partial charge is 0.494 e. The number of hydrogen-bond acceptors (Lipinski definition) is 5. The number of carbonyl (C=O) groups is 1. The van der Waals surface area contributed by atoms with E-state index in [1.807, 2.05) is 81.1 Å². The van der Waals surface area contributed by atoms with Crippen LogP contribution in [0.15, 0.2) is 48.5 Å². The van der Waals surface area contributed by atoms with Crippen molar-refractivity contribution < 1.29 is 23.6 Å². The second-order valence-corrected chi connectivity index (χ2v) is 10.2. The molecule has 2 aromatic carbocycles. The molecule has 2 fully saturated rings. The van der Waals surface area contributed by atoms with Crippen molar-refractivity contribution in [2.45, 2.75) is 70.9 Å². The maximum absolute atomic E-state index is 13.2. The molecule has 0 unspecified atom stereocenters. The number of benzene rings is 2. The Morgan fingerprint density at radius 2 is 1.68 bits per heavy atom. The maximum atomic E-state index is 13.2. The van der Waals surface area contributed by atoms with E-state index in [0.29, 0.717) is 25.4 Å². The van der Waals surface area contributed by atoms with Gasteiger partial charge in [0.15, 0.2) is 0 Å². The first-order valence-corrected chi connectivity index (χ1v) is 12.1. The minimum Gasteiger partial charge on any atom is -0.489 e. The predicted octanol–water partition coefficient (Wildman–Crippen LogP) is 3.74. The first-order chi connectivity index (χ1) is 16.2. The average molecular weight is 465 g/mol. The summed E-state index contributed by atoms with van der Waals surface area (Å²) in [6.45, 7) is 10.0. The molecule has 182 valence electrons. The summed E-state index contributed by atoms with van der Waals surface area (Å²) in [5.41, 5.74) is 1.97. The van der Waals surface area contributed by atoms with Gasteiger partial charge in [-0.2, -0.15) is 0 Å². The summed E-state index contributed by atoms with van der Waals surface area (Å²) in [4.78, 5) is 15.1. The second-order valence-electron chi connectivity index (χ2n) is 10.2. The van der Waals surface area contributed by atoms with Crippen molar-refractivity contribution in [1.29, 1.82) is 0 Å². The van der Waals surface area contributed by atoms with Gasteiger partial charge in [-0.1, -0.05) is 42.5 Å². The number of hydrogen-bond donors (Lipinski definition) is 0. The fourth-order valence-corrected chi connectivity index (χ4v) is 4.36. The van der Waals surface area contributed by atoms with Crippen molar-refractivity contribution in [3.8, 4) is 5.75 Å². The highest BCUT2D eigenvalue weighted by Gasteiger charge is 2.51. The van der Waals surface area contributed by atoms with Crippen LogP contribution in [0.1, 0.15) is 51.7 Å². The van der Waals surface area contributed by atoms with Gasteiger partial charge in [-0.05, 0) is 57.6 Å². The van der Waals surface area contributed by atoms with Gasteiger partial charge in [-0.25, -0.2) is 0 Å². The molecule has 0 aliphatic carbocycles. The molecular formula is C27H36BNO5. The van der Waals surface area contributed by atoms with Crippen molar-refractivity contribution in [2.24, 2.45) is 0 Å². The van der Waals surface area contributed by atoms with Gasteiger partial charge in [-0.3, -0.25) is 4.79 Å². The van der Waals surface area contributed by atoms with Gasteiger partial charge in [0.25, 0.3) is 0 Å². The van der Waals surface area contributed by atoms with E-state index in [2.05, 4.69) is 0 Å². The van der Waals surface area contributed by atoms with E-state index in [-0.39, 0.29) is 18.4 Å². The van der Waals surface area contributed by atoms with E-state index in [0.717, 1.165) is 29.4 Å². The highest BCUT2D eigenvalue weighted by atomic mass is 16.7. The third-order valence-electron chi connectivity index (χ3n) is 7.32. The molecule has 0 bridgehead atoms. The first-order valence-electron chi connectivity index (χ1n) is 12.1. The van der Waals surface area contributed by atoms with Crippen LogP contribution in [-0.2, 0) is 31.9 Å². The number of amides is 1. The molecule has 0 N–H and O–H groups in total. The molecule has 7 heteroatoms. The van der Waals surface area contributed by atoms with Crippen molar-refractivity contribution in [3.63, 3.8) is 0 Å². The Hall–Kier alpha value is -2.35. The highest BCUT2D eigenvalue weighted by molar-refractivity contribution is 6.62. The van der Waals surface area contributed by atoms with E-state index in [4.69, 9.17) is 18.8 Å². The smallest absolute Gasteiger partial charge is 0.489 e. The fourth-order valence-electron chi connectivity index (χ4n) is 4.36. The molecule has 0 spiro atoms. The summed E-state index contributed by atoms with van der Waals surface area (Å²) in [5.74, 6) is 0.814. The van der Waals surface area contributed by atoms with Crippen molar-refractivity contribution in [2.75, 3.05) is 20.2 Å².